The van der Waals surface area contributed by atoms with Crippen molar-refractivity contribution >= 4 is 24.6 Å². The van der Waals surface area contributed by atoms with Crippen molar-refractivity contribution in [3.63, 3.8) is 0 Å². The van der Waals surface area contributed by atoms with Gasteiger partial charge in [0.25, 0.3) is 0 Å². The molecule has 1 aromatic rings. The molecule has 0 N–H and O–H groups in total. The van der Waals surface area contributed by atoms with Gasteiger partial charge in [0.1, 0.15) is 5.60 Å². The molecule has 2 heterocycles. The molecule has 2 saturated heterocycles. The smallest absolute Gasteiger partial charge is 0.465 e. The van der Waals surface area contributed by atoms with Crippen LogP contribution in [-0.2, 0) is 18.8 Å². The first-order valence-electron chi connectivity index (χ1n) is 11.3. The van der Waals surface area contributed by atoms with Gasteiger partial charge >= 0.3 is 19.2 Å². The molecule has 8 heteroatoms. The van der Waals surface area contributed by atoms with Crippen molar-refractivity contribution in [2.75, 3.05) is 20.2 Å². The lowest BCUT2D eigenvalue weighted by Crippen LogP contribution is -2.41. The number of piperidine rings is 1. The number of ether oxygens (including phenoxy) is 2. The molecule has 2 fully saturated rings. The molecule has 3 rings (SSSR count). The predicted octanol–water partition coefficient (Wildman–Crippen LogP) is 3.89. The van der Waals surface area contributed by atoms with Crippen LogP contribution in [0.2, 0.25) is 0 Å². The molecule has 0 unspecified atom stereocenters. The Bertz CT molecular complexity index is 852. The highest BCUT2D eigenvalue weighted by Crippen LogP contribution is 2.37. The van der Waals surface area contributed by atoms with E-state index in [9.17, 15) is 9.59 Å². The average molecular weight is 445 g/mol. The van der Waals surface area contributed by atoms with E-state index in [0.29, 0.717) is 18.7 Å². The van der Waals surface area contributed by atoms with E-state index in [-0.39, 0.29) is 18.0 Å². The summed E-state index contributed by atoms with van der Waals surface area (Å²) in [7, 11) is 0.838. The molecular formula is C24H36BNO6. The van der Waals surface area contributed by atoms with Gasteiger partial charge in [0, 0.05) is 13.1 Å². The van der Waals surface area contributed by atoms with E-state index in [4.69, 9.17) is 18.8 Å². The number of methoxy groups -OCH3 is 1. The Balaban J connectivity index is 1.78. The summed E-state index contributed by atoms with van der Waals surface area (Å²) < 4.78 is 22.9. The Kier molecular flexibility index (Phi) is 6.69. The maximum Gasteiger partial charge on any atom is 0.494 e. The van der Waals surface area contributed by atoms with E-state index < -0.39 is 23.9 Å². The van der Waals surface area contributed by atoms with E-state index >= 15 is 0 Å². The zero-order valence-corrected chi connectivity index (χ0v) is 20.6. The molecule has 0 atom stereocenters. The van der Waals surface area contributed by atoms with E-state index in [1.807, 2.05) is 66.7 Å². The van der Waals surface area contributed by atoms with E-state index in [1.54, 1.807) is 4.90 Å². The number of rotatable bonds is 3. The fraction of sp³-hybridized carbons (Fsp3) is 0.667. The van der Waals surface area contributed by atoms with Gasteiger partial charge in [-0.2, -0.15) is 0 Å². The first kappa shape index (κ1) is 24.6. The van der Waals surface area contributed by atoms with Crippen LogP contribution in [0, 0.1) is 0 Å². The number of benzene rings is 1. The molecule has 0 spiro atoms. The Morgan fingerprint density at radius 2 is 1.62 bits per heavy atom. The summed E-state index contributed by atoms with van der Waals surface area (Å²) in [4.78, 5) is 26.8. The van der Waals surface area contributed by atoms with Crippen molar-refractivity contribution in [1.82, 2.24) is 4.90 Å². The highest BCUT2D eigenvalue weighted by atomic mass is 16.7. The molecule has 0 radical (unpaired) electrons. The normalized spacial score (nSPS) is 20.9. The molecule has 1 aromatic carbocycles. The quantitative estimate of drug-likeness (QED) is 0.519. The first-order valence-corrected chi connectivity index (χ1v) is 11.3. The molecule has 7 nitrogen and oxygen atoms in total. The summed E-state index contributed by atoms with van der Waals surface area (Å²) >= 11 is 0. The predicted molar refractivity (Wildman–Crippen MR) is 123 cm³/mol. The topological polar surface area (TPSA) is 74.3 Å². The van der Waals surface area contributed by atoms with E-state index in [2.05, 4.69) is 0 Å². The van der Waals surface area contributed by atoms with E-state index in [0.717, 1.165) is 23.9 Å². The van der Waals surface area contributed by atoms with Gasteiger partial charge in [0.05, 0.1) is 23.9 Å². The molecule has 0 aliphatic carbocycles. The van der Waals surface area contributed by atoms with Crippen LogP contribution in [0.25, 0.3) is 0 Å². The number of amides is 1. The summed E-state index contributed by atoms with van der Waals surface area (Å²) in [5.74, 6) is -0.233. The third-order valence-corrected chi connectivity index (χ3v) is 6.59. The van der Waals surface area contributed by atoms with Gasteiger partial charge < -0.3 is 23.7 Å². The lowest BCUT2D eigenvalue weighted by atomic mass is 9.76. The van der Waals surface area contributed by atoms with Crippen molar-refractivity contribution in [3.05, 3.63) is 29.3 Å². The summed E-state index contributed by atoms with van der Waals surface area (Å²) in [5, 5.41) is 0. The highest BCUT2D eigenvalue weighted by Gasteiger charge is 2.51. The molecule has 32 heavy (non-hydrogen) atoms. The zero-order chi connectivity index (χ0) is 23.9. The second-order valence-electron chi connectivity index (χ2n) is 10.7. The summed E-state index contributed by atoms with van der Waals surface area (Å²) in [5.41, 5.74) is 0.803. The Hall–Kier alpha value is -2.06. The molecule has 2 aliphatic heterocycles. The van der Waals surface area contributed by atoms with Crippen LogP contribution in [0.15, 0.2) is 18.2 Å². The fourth-order valence-corrected chi connectivity index (χ4v) is 4.04. The molecular weight excluding hydrogens is 409 g/mol. The maximum atomic E-state index is 12.6. The third kappa shape index (κ3) is 5.12. The number of carbonyl (C=O) groups is 2. The van der Waals surface area contributed by atoms with Gasteiger partial charge in [-0.15, -0.1) is 0 Å². The minimum Gasteiger partial charge on any atom is -0.465 e. The Morgan fingerprint density at radius 3 is 2.12 bits per heavy atom. The fourth-order valence-electron chi connectivity index (χ4n) is 4.04. The number of likely N-dealkylation sites (tertiary alicyclic amines) is 1. The van der Waals surface area contributed by atoms with Gasteiger partial charge in [-0.05, 0) is 84.3 Å². The largest absolute Gasteiger partial charge is 0.494 e. The molecule has 176 valence electrons. The Morgan fingerprint density at radius 1 is 1.06 bits per heavy atom. The number of hydrogen-bond donors (Lipinski definition) is 0. The summed E-state index contributed by atoms with van der Waals surface area (Å²) in [6, 6.07) is 5.76. The van der Waals surface area contributed by atoms with Crippen LogP contribution in [0.4, 0.5) is 4.79 Å². The van der Waals surface area contributed by atoms with Crippen LogP contribution in [0.1, 0.15) is 83.1 Å². The van der Waals surface area contributed by atoms with Crippen LogP contribution >= 0.6 is 0 Å². The highest BCUT2D eigenvalue weighted by molar-refractivity contribution is 6.62. The zero-order valence-electron chi connectivity index (χ0n) is 20.6. The first-order chi connectivity index (χ1) is 14.7. The van der Waals surface area contributed by atoms with Gasteiger partial charge in [-0.25, -0.2) is 9.59 Å². The minimum absolute atomic E-state index is 0.148. The molecule has 0 aromatic heterocycles. The van der Waals surface area contributed by atoms with Crippen LogP contribution in [0.3, 0.4) is 0 Å². The van der Waals surface area contributed by atoms with Gasteiger partial charge in [-0.3, -0.25) is 0 Å². The van der Waals surface area contributed by atoms with Crippen molar-refractivity contribution < 1.29 is 28.4 Å². The SMILES string of the molecule is COC(=O)c1cc(B2OC(C)(C)C(C)(C)O2)ccc1C1CCN(C(=O)OC(C)(C)C)CC1. The van der Waals surface area contributed by atoms with Crippen molar-refractivity contribution in [2.45, 2.75) is 84.0 Å². The summed E-state index contributed by atoms with van der Waals surface area (Å²) in [6.07, 6.45) is 1.21. The number of esters is 1. The lowest BCUT2D eigenvalue weighted by molar-refractivity contribution is 0.00578. The van der Waals surface area contributed by atoms with Gasteiger partial charge in [0.2, 0.25) is 0 Å². The minimum atomic E-state index is -0.550. The van der Waals surface area contributed by atoms with Crippen molar-refractivity contribution in [1.29, 1.82) is 0 Å². The molecule has 1 amide bonds. The van der Waals surface area contributed by atoms with Crippen LogP contribution < -0.4 is 5.46 Å². The Labute approximate surface area is 191 Å². The second kappa shape index (κ2) is 8.71. The maximum absolute atomic E-state index is 12.6. The third-order valence-electron chi connectivity index (χ3n) is 6.59. The van der Waals surface area contributed by atoms with Gasteiger partial charge in [-0.1, -0.05) is 12.1 Å². The van der Waals surface area contributed by atoms with Crippen molar-refractivity contribution in [3.8, 4) is 0 Å². The summed E-state index contributed by atoms with van der Waals surface area (Å²) in [6.45, 7) is 14.8. The van der Waals surface area contributed by atoms with Crippen molar-refractivity contribution in [2.24, 2.45) is 0 Å². The molecule has 2 aliphatic rings. The standard InChI is InChI=1S/C24H36BNO6/c1-22(2,3)30-21(28)26-13-11-16(12-14-26)18-10-9-17(15-19(18)20(27)29-8)25-31-23(4,5)24(6,7)32-25/h9-10,15-16H,11-14H2,1-8H3. The lowest BCUT2D eigenvalue weighted by Gasteiger charge is -2.34. The number of nitrogens with zero attached hydrogens (tertiary/aromatic N) is 1. The molecule has 0 saturated carbocycles. The second-order valence-corrected chi connectivity index (χ2v) is 10.7. The van der Waals surface area contributed by atoms with Crippen LogP contribution in [0.5, 0.6) is 0 Å². The number of carbonyl (C=O) groups excluding carboxylic acids is 2. The van der Waals surface area contributed by atoms with E-state index in [1.165, 1.54) is 7.11 Å². The monoisotopic (exact) mass is 445 g/mol. The average Bonchev–Trinajstić information content (AvgIpc) is 2.93. The van der Waals surface area contributed by atoms with Crippen LogP contribution in [-0.4, -0.2) is 61.1 Å². The number of hydrogen-bond acceptors (Lipinski definition) is 6. The van der Waals surface area contributed by atoms with Gasteiger partial charge in [0.15, 0.2) is 0 Å². The molecule has 0 bridgehead atoms.